The summed E-state index contributed by atoms with van der Waals surface area (Å²) in [6.45, 7) is 3.48. The van der Waals surface area contributed by atoms with Gasteiger partial charge in [-0.1, -0.05) is 0 Å². The Morgan fingerprint density at radius 3 is 2.68 bits per heavy atom. The van der Waals surface area contributed by atoms with Gasteiger partial charge >= 0.3 is 0 Å². The largest absolute Gasteiger partial charge is 0.392 e. The van der Waals surface area contributed by atoms with Crippen LogP contribution in [0, 0.1) is 18.6 Å². The van der Waals surface area contributed by atoms with Crippen molar-refractivity contribution in [2.45, 2.75) is 20.0 Å². The molecule has 1 heterocycles. The summed E-state index contributed by atoms with van der Waals surface area (Å²) in [5.41, 5.74) is 0.941. The first-order valence-electron chi connectivity index (χ1n) is 6.66. The van der Waals surface area contributed by atoms with Crippen molar-refractivity contribution in [1.29, 1.82) is 0 Å². The molecule has 2 rings (SSSR count). The van der Waals surface area contributed by atoms with E-state index in [9.17, 15) is 18.7 Å². The SMILES string of the molecule is Cc1nc(-c2ccc(F)c(F)c2)sc1C(=O)N(C)CC(C)O. The number of amides is 1. The Labute approximate surface area is 131 Å². The zero-order valence-corrected chi connectivity index (χ0v) is 13.2. The molecule has 0 saturated heterocycles. The molecule has 0 spiro atoms. The minimum absolute atomic E-state index is 0.205. The van der Waals surface area contributed by atoms with Gasteiger partial charge in [0, 0.05) is 19.2 Å². The molecule has 1 aromatic heterocycles. The second-order valence-corrected chi connectivity index (χ2v) is 6.10. The third-order valence-corrected chi connectivity index (χ3v) is 4.24. The number of aliphatic hydroxyl groups is 1. The number of hydrogen-bond acceptors (Lipinski definition) is 4. The van der Waals surface area contributed by atoms with Gasteiger partial charge in [-0.25, -0.2) is 13.8 Å². The smallest absolute Gasteiger partial charge is 0.265 e. The van der Waals surface area contributed by atoms with E-state index in [-0.39, 0.29) is 12.5 Å². The molecule has 118 valence electrons. The Morgan fingerprint density at radius 1 is 1.41 bits per heavy atom. The topological polar surface area (TPSA) is 53.4 Å². The second kappa shape index (κ2) is 6.50. The van der Waals surface area contributed by atoms with Crippen LogP contribution in [0.1, 0.15) is 22.3 Å². The van der Waals surface area contributed by atoms with Crippen molar-refractivity contribution in [3.63, 3.8) is 0 Å². The quantitative estimate of drug-likeness (QED) is 0.940. The molecule has 1 atom stereocenters. The van der Waals surface area contributed by atoms with Crippen LogP contribution in [-0.4, -0.2) is 40.6 Å². The first-order valence-corrected chi connectivity index (χ1v) is 7.47. The average molecular weight is 326 g/mol. The molecule has 0 radical (unpaired) electrons. The van der Waals surface area contributed by atoms with Crippen molar-refractivity contribution in [2.75, 3.05) is 13.6 Å². The minimum atomic E-state index is -0.954. The van der Waals surface area contributed by atoms with Crippen LogP contribution in [0.3, 0.4) is 0 Å². The van der Waals surface area contributed by atoms with E-state index in [4.69, 9.17) is 0 Å². The number of thiazole rings is 1. The van der Waals surface area contributed by atoms with Gasteiger partial charge in [-0.05, 0) is 32.0 Å². The van der Waals surface area contributed by atoms with E-state index in [1.165, 1.54) is 11.0 Å². The predicted octanol–water partition coefficient (Wildman–Crippen LogP) is 2.85. The van der Waals surface area contributed by atoms with Gasteiger partial charge in [0.25, 0.3) is 5.91 Å². The van der Waals surface area contributed by atoms with Gasteiger partial charge in [0.05, 0.1) is 11.8 Å². The fourth-order valence-electron chi connectivity index (χ4n) is 2.00. The van der Waals surface area contributed by atoms with Gasteiger partial charge in [-0.15, -0.1) is 11.3 Å². The number of rotatable bonds is 4. The van der Waals surface area contributed by atoms with Gasteiger partial charge < -0.3 is 10.0 Å². The minimum Gasteiger partial charge on any atom is -0.392 e. The fraction of sp³-hybridized carbons (Fsp3) is 0.333. The summed E-state index contributed by atoms with van der Waals surface area (Å²) in [6.07, 6.45) is -0.632. The average Bonchev–Trinajstić information content (AvgIpc) is 2.82. The fourth-order valence-corrected chi connectivity index (χ4v) is 3.06. The molecule has 0 bridgehead atoms. The van der Waals surface area contributed by atoms with Crippen molar-refractivity contribution in [1.82, 2.24) is 9.88 Å². The number of carbonyl (C=O) groups excluding carboxylic acids is 1. The molecule has 0 aliphatic heterocycles. The standard InChI is InChI=1S/C15H16F2N2O2S/c1-8(20)7-19(3)15(21)13-9(2)18-14(22-13)10-4-5-11(16)12(17)6-10/h4-6,8,20H,7H2,1-3H3. The van der Waals surface area contributed by atoms with Gasteiger partial charge in [-0.2, -0.15) is 0 Å². The van der Waals surface area contributed by atoms with Crippen molar-refractivity contribution in [3.8, 4) is 10.6 Å². The second-order valence-electron chi connectivity index (χ2n) is 5.10. The number of hydrogen-bond donors (Lipinski definition) is 1. The molecular formula is C15H16F2N2O2S. The summed E-state index contributed by atoms with van der Waals surface area (Å²) >= 11 is 1.12. The molecule has 0 aliphatic carbocycles. The molecule has 1 amide bonds. The van der Waals surface area contributed by atoms with Crippen LogP contribution in [0.15, 0.2) is 18.2 Å². The number of aromatic nitrogens is 1. The molecule has 0 aliphatic rings. The number of benzene rings is 1. The van der Waals surface area contributed by atoms with Crippen LogP contribution in [-0.2, 0) is 0 Å². The molecule has 1 N–H and O–H groups in total. The molecule has 0 fully saturated rings. The van der Waals surface area contributed by atoms with E-state index in [1.807, 2.05) is 0 Å². The summed E-state index contributed by atoms with van der Waals surface area (Å²) in [6, 6.07) is 3.51. The molecule has 1 unspecified atom stereocenters. The summed E-state index contributed by atoms with van der Waals surface area (Å²) in [7, 11) is 1.59. The summed E-state index contributed by atoms with van der Waals surface area (Å²) in [5, 5.41) is 9.79. The van der Waals surface area contributed by atoms with E-state index in [0.717, 1.165) is 23.5 Å². The number of halogens is 2. The molecule has 22 heavy (non-hydrogen) atoms. The molecule has 4 nitrogen and oxygen atoms in total. The van der Waals surface area contributed by atoms with E-state index < -0.39 is 17.7 Å². The first kappa shape index (κ1) is 16.5. The van der Waals surface area contributed by atoms with Gasteiger partial charge in [-0.3, -0.25) is 4.79 Å². The van der Waals surface area contributed by atoms with Crippen LogP contribution >= 0.6 is 11.3 Å². The predicted molar refractivity (Wildman–Crippen MR) is 80.8 cm³/mol. The third-order valence-electron chi connectivity index (χ3n) is 3.04. The molecule has 2 aromatic rings. The van der Waals surface area contributed by atoms with Crippen LogP contribution in [0.4, 0.5) is 8.78 Å². The molecule has 1 aromatic carbocycles. The van der Waals surface area contributed by atoms with E-state index in [2.05, 4.69) is 4.98 Å². The molecule has 0 saturated carbocycles. The Balaban J connectivity index is 2.31. The number of likely N-dealkylation sites (N-methyl/N-ethyl adjacent to an activating group) is 1. The number of carbonyl (C=O) groups is 1. The first-order chi connectivity index (χ1) is 10.3. The van der Waals surface area contributed by atoms with Gasteiger partial charge in [0.2, 0.25) is 0 Å². The Hall–Kier alpha value is -1.86. The normalized spacial score (nSPS) is 12.3. The lowest BCUT2D eigenvalue weighted by Gasteiger charge is -2.17. The number of aliphatic hydroxyl groups excluding tert-OH is 1. The van der Waals surface area contributed by atoms with Crippen LogP contribution in [0.25, 0.3) is 10.6 Å². The van der Waals surface area contributed by atoms with Crippen molar-refractivity contribution < 1.29 is 18.7 Å². The van der Waals surface area contributed by atoms with E-state index in [0.29, 0.717) is 21.1 Å². The van der Waals surface area contributed by atoms with E-state index in [1.54, 1.807) is 20.9 Å². The maximum absolute atomic E-state index is 13.3. The molecular weight excluding hydrogens is 310 g/mol. The van der Waals surface area contributed by atoms with Gasteiger partial charge in [0.1, 0.15) is 9.88 Å². The maximum Gasteiger partial charge on any atom is 0.265 e. The summed E-state index contributed by atoms with van der Waals surface area (Å²) in [5.74, 6) is -2.14. The Morgan fingerprint density at radius 2 is 2.09 bits per heavy atom. The van der Waals surface area contributed by atoms with Crippen LogP contribution in [0.2, 0.25) is 0 Å². The zero-order valence-electron chi connectivity index (χ0n) is 12.4. The monoisotopic (exact) mass is 326 g/mol. The Kier molecular flexibility index (Phi) is 4.87. The summed E-state index contributed by atoms with van der Waals surface area (Å²) < 4.78 is 26.3. The lowest BCUT2D eigenvalue weighted by molar-refractivity contribution is 0.0707. The lowest BCUT2D eigenvalue weighted by Crippen LogP contribution is -2.32. The maximum atomic E-state index is 13.3. The van der Waals surface area contributed by atoms with Crippen LogP contribution < -0.4 is 0 Å². The van der Waals surface area contributed by atoms with E-state index >= 15 is 0 Å². The summed E-state index contributed by atoms with van der Waals surface area (Å²) in [4.78, 5) is 18.4. The number of aryl methyl sites for hydroxylation is 1. The molecule has 7 heteroatoms. The lowest BCUT2D eigenvalue weighted by atomic mass is 10.2. The highest BCUT2D eigenvalue weighted by molar-refractivity contribution is 7.17. The van der Waals surface area contributed by atoms with Crippen molar-refractivity contribution in [2.24, 2.45) is 0 Å². The zero-order chi connectivity index (χ0) is 16.4. The van der Waals surface area contributed by atoms with Gasteiger partial charge in [0.15, 0.2) is 11.6 Å². The highest BCUT2D eigenvalue weighted by Crippen LogP contribution is 2.29. The number of nitrogens with zero attached hydrogens (tertiary/aromatic N) is 2. The highest BCUT2D eigenvalue weighted by atomic mass is 32.1. The Bertz CT molecular complexity index is 701. The van der Waals surface area contributed by atoms with Crippen molar-refractivity contribution in [3.05, 3.63) is 40.4 Å². The van der Waals surface area contributed by atoms with Crippen LogP contribution in [0.5, 0.6) is 0 Å². The highest BCUT2D eigenvalue weighted by Gasteiger charge is 2.20. The third kappa shape index (κ3) is 3.48. The van der Waals surface area contributed by atoms with Crippen molar-refractivity contribution >= 4 is 17.2 Å².